The van der Waals surface area contributed by atoms with Crippen molar-refractivity contribution in [3.63, 3.8) is 0 Å². The van der Waals surface area contributed by atoms with Crippen molar-refractivity contribution in [1.82, 2.24) is 4.98 Å². The zero-order valence-corrected chi connectivity index (χ0v) is 12.4. The van der Waals surface area contributed by atoms with Crippen LogP contribution in [-0.2, 0) is 4.79 Å². The maximum Gasteiger partial charge on any atom is 0.573 e. The van der Waals surface area contributed by atoms with Crippen LogP contribution in [0.15, 0.2) is 35.1 Å². The summed E-state index contributed by atoms with van der Waals surface area (Å²) in [5, 5.41) is 0. The summed E-state index contributed by atoms with van der Waals surface area (Å²) in [4.78, 5) is 26.6. The van der Waals surface area contributed by atoms with Crippen LogP contribution in [0.3, 0.4) is 0 Å². The van der Waals surface area contributed by atoms with Gasteiger partial charge in [-0.1, -0.05) is 12.1 Å². The maximum atomic E-state index is 12.2. The summed E-state index contributed by atoms with van der Waals surface area (Å²) in [5.41, 5.74) is 0.959. The third-order valence-electron chi connectivity index (χ3n) is 3.63. The molecule has 2 heterocycles. The molecule has 0 spiro atoms. The average Bonchev–Trinajstić information content (AvgIpc) is 2.44. The predicted octanol–water partition coefficient (Wildman–Crippen LogP) is 3.02. The highest BCUT2D eigenvalue weighted by atomic mass is 19.4. The molecule has 0 fully saturated rings. The van der Waals surface area contributed by atoms with Crippen LogP contribution < -0.4 is 15.0 Å². The van der Waals surface area contributed by atoms with E-state index in [0.717, 1.165) is 12.1 Å². The topological polar surface area (TPSA) is 68.4 Å². The van der Waals surface area contributed by atoms with E-state index < -0.39 is 23.8 Å². The van der Waals surface area contributed by atoms with Gasteiger partial charge in [0, 0.05) is 17.7 Å². The van der Waals surface area contributed by atoms with Crippen molar-refractivity contribution in [2.45, 2.75) is 25.6 Å². The number of pyridine rings is 1. The van der Waals surface area contributed by atoms with E-state index in [0.29, 0.717) is 11.3 Å². The largest absolute Gasteiger partial charge is 0.573 e. The molecule has 24 heavy (non-hydrogen) atoms. The lowest BCUT2D eigenvalue weighted by Crippen LogP contribution is -2.28. The quantitative estimate of drug-likeness (QED) is 0.854. The Labute approximate surface area is 134 Å². The van der Waals surface area contributed by atoms with Crippen molar-refractivity contribution in [2.24, 2.45) is 0 Å². The van der Waals surface area contributed by atoms with Gasteiger partial charge >= 0.3 is 12.3 Å². The number of H-pyrrole nitrogens is 1. The minimum Gasteiger partial charge on any atom is -0.426 e. The average molecular weight is 339 g/mol. The van der Waals surface area contributed by atoms with Crippen LogP contribution >= 0.6 is 0 Å². The number of carbonyl (C=O) groups is 1. The van der Waals surface area contributed by atoms with Gasteiger partial charge in [-0.05, 0) is 24.6 Å². The number of esters is 1. The van der Waals surface area contributed by atoms with E-state index in [1.165, 1.54) is 12.1 Å². The van der Waals surface area contributed by atoms with Gasteiger partial charge in [-0.25, -0.2) is 0 Å². The zero-order chi connectivity index (χ0) is 17.5. The van der Waals surface area contributed by atoms with E-state index in [1.807, 2.05) is 0 Å². The summed E-state index contributed by atoms with van der Waals surface area (Å²) >= 11 is 0. The van der Waals surface area contributed by atoms with Crippen molar-refractivity contribution < 1.29 is 27.4 Å². The van der Waals surface area contributed by atoms with Crippen LogP contribution in [0.5, 0.6) is 11.5 Å². The lowest BCUT2D eigenvalue weighted by molar-refractivity contribution is -0.274. The Morgan fingerprint density at radius 1 is 1.21 bits per heavy atom. The van der Waals surface area contributed by atoms with Gasteiger partial charge in [0.25, 0.3) is 5.56 Å². The number of aromatic amines is 1. The molecule has 2 aromatic rings. The fourth-order valence-electron chi connectivity index (χ4n) is 2.70. The third-order valence-corrected chi connectivity index (χ3v) is 3.63. The number of aryl methyl sites for hydroxylation is 1. The van der Waals surface area contributed by atoms with Gasteiger partial charge in [-0.15, -0.1) is 13.2 Å². The highest BCUT2D eigenvalue weighted by molar-refractivity contribution is 5.77. The maximum absolute atomic E-state index is 12.2. The number of hydrogen-bond donors (Lipinski definition) is 1. The number of alkyl halides is 3. The smallest absolute Gasteiger partial charge is 0.426 e. The summed E-state index contributed by atoms with van der Waals surface area (Å²) in [6.07, 6.45) is -4.85. The summed E-state index contributed by atoms with van der Waals surface area (Å²) in [7, 11) is 0. The molecule has 5 nitrogen and oxygen atoms in total. The highest BCUT2D eigenvalue weighted by Gasteiger charge is 2.33. The third kappa shape index (κ3) is 3.27. The van der Waals surface area contributed by atoms with Gasteiger partial charge in [0.2, 0.25) is 0 Å². The molecule has 1 aromatic heterocycles. The normalized spacial score (nSPS) is 17.2. The van der Waals surface area contributed by atoms with Crippen LogP contribution in [0.2, 0.25) is 0 Å². The van der Waals surface area contributed by atoms with Crippen molar-refractivity contribution in [3.8, 4) is 11.5 Å². The fourth-order valence-corrected chi connectivity index (χ4v) is 2.70. The van der Waals surface area contributed by atoms with E-state index in [4.69, 9.17) is 4.74 Å². The SMILES string of the molecule is Cc1cc2c(c(=O)[nH]1)C(c1ccc(OC(F)(F)F)cc1)CC(=O)O2. The van der Waals surface area contributed by atoms with Crippen LogP contribution in [-0.4, -0.2) is 17.3 Å². The fraction of sp³-hybridized carbons (Fsp3) is 0.250. The zero-order valence-electron chi connectivity index (χ0n) is 12.4. The molecule has 0 amide bonds. The van der Waals surface area contributed by atoms with Crippen molar-refractivity contribution in [3.05, 3.63) is 57.5 Å². The lowest BCUT2D eigenvalue weighted by Gasteiger charge is -2.24. The first-order chi connectivity index (χ1) is 11.2. The lowest BCUT2D eigenvalue weighted by atomic mass is 9.87. The molecule has 1 aliphatic rings. The molecule has 1 aliphatic heterocycles. The van der Waals surface area contributed by atoms with Crippen LogP contribution in [0.25, 0.3) is 0 Å². The molecule has 126 valence electrons. The summed E-state index contributed by atoms with van der Waals surface area (Å²) < 4.78 is 45.5. The first kappa shape index (κ1) is 16.1. The second kappa shape index (κ2) is 5.70. The monoisotopic (exact) mass is 339 g/mol. The molecule has 1 unspecified atom stereocenters. The predicted molar refractivity (Wildman–Crippen MR) is 77.0 cm³/mol. The second-order valence-electron chi connectivity index (χ2n) is 5.41. The standard InChI is InChI=1S/C16H12F3NO4/c1-8-6-12-14(15(22)20-8)11(7-13(21)23-12)9-2-4-10(5-3-9)24-16(17,18)19/h2-6,11H,7H2,1H3,(H,20,22). The first-order valence-corrected chi connectivity index (χ1v) is 7.03. The Morgan fingerprint density at radius 3 is 2.50 bits per heavy atom. The van der Waals surface area contributed by atoms with Crippen molar-refractivity contribution in [1.29, 1.82) is 0 Å². The number of carbonyl (C=O) groups excluding carboxylic acids is 1. The second-order valence-corrected chi connectivity index (χ2v) is 5.41. The Kier molecular flexibility index (Phi) is 3.82. The van der Waals surface area contributed by atoms with Crippen molar-refractivity contribution >= 4 is 5.97 Å². The van der Waals surface area contributed by atoms with Gasteiger partial charge in [-0.2, -0.15) is 0 Å². The van der Waals surface area contributed by atoms with Gasteiger partial charge in [-0.3, -0.25) is 9.59 Å². The number of halogens is 3. The minimum atomic E-state index is -4.78. The van der Waals surface area contributed by atoms with Crippen LogP contribution in [0.4, 0.5) is 13.2 Å². The number of ether oxygens (including phenoxy) is 2. The van der Waals surface area contributed by atoms with E-state index in [1.54, 1.807) is 13.0 Å². The number of aromatic nitrogens is 1. The Morgan fingerprint density at radius 2 is 1.88 bits per heavy atom. The van der Waals surface area contributed by atoms with E-state index in [-0.39, 0.29) is 23.5 Å². The first-order valence-electron chi connectivity index (χ1n) is 7.03. The Balaban J connectivity index is 1.99. The Hall–Kier alpha value is -2.77. The number of benzene rings is 1. The molecular weight excluding hydrogens is 327 g/mol. The molecule has 0 aliphatic carbocycles. The number of hydrogen-bond acceptors (Lipinski definition) is 4. The molecule has 0 saturated heterocycles. The highest BCUT2D eigenvalue weighted by Crippen LogP contribution is 2.37. The summed E-state index contributed by atoms with van der Waals surface area (Å²) in [6, 6.07) is 6.62. The van der Waals surface area contributed by atoms with Crippen LogP contribution in [0, 0.1) is 6.92 Å². The number of rotatable bonds is 2. The molecule has 1 N–H and O–H groups in total. The summed E-state index contributed by atoms with van der Waals surface area (Å²) in [6.45, 7) is 1.66. The van der Waals surface area contributed by atoms with Crippen molar-refractivity contribution in [2.75, 3.05) is 0 Å². The molecule has 1 atom stereocenters. The van der Waals surface area contributed by atoms with Gasteiger partial charge in [0.1, 0.15) is 11.5 Å². The van der Waals surface area contributed by atoms with Gasteiger partial charge in [0.05, 0.1) is 12.0 Å². The molecule has 1 aromatic carbocycles. The van der Waals surface area contributed by atoms with E-state index in [9.17, 15) is 22.8 Å². The summed E-state index contributed by atoms with van der Waals surface area (Å²) in [5.74, 6) is -1.30. The van der Waals surface area contributed by atoms with E-state index in [2.05, 4.69) is 9.72 Å². The van der Waals surface area contributed by atoms with Gasteiger partial charge in [0.15, 0.2) is 0 Å². The molecule has 3 rings (SSSR count). The number of fused-ring (bicyclic) bond motifs is 1. The van der Waals surface area contributed by atoms with Gasteiger partial charge < -0.3 is 14.5 Å². The number of nitrogens with one attached hydrogen (secondary N) is 1. The van der Waals surface area contributed by atoms with Crippen LogP contribution in [0.1, 0.15) is 29.2 Å². The minimum absolute atomic E-state index is 0.0708. The molecule has 0 radical (unpaired) electrons. The molecule has 8 heteroatoms. The van der Waals surface area contributed by atoms with E-state index >= 15 is 0 Å². The molecule has 0 saturated carbocycles. The Bertz CT molecular complexity index is 840. The molecular formula is C16H12F3NO4. The molecule has 0 bridgehead atoms.